The summed E-state index contributed by atoms with van der Waals surface area (Å²) in [6.45, 7) is 4.15. The molecule has 0 spiro atoms. The minimum Gasteiger partial charge on any atom is -0.356 e. The van der Waals surface area contributed by atoms with Crippen molar-refractivity contribution in [2.24, 2.45) is 0 Å². The van der Waals surface area contributed by atoms with Crippen LogP contribution in [0.3, 0.4) is 0 Å². The fourth-order valence-electron chi connectivity index (χ4n) is 1.97. The predicted octanol–water partition coefficient (Wildman–Crippen LogP) is 4.81. The molecule has 1 atom stereocenters. The molecule has 2 rings (SSSR count). The molecule has 2 N–H and O–H groups in total. The number of hydrogen-bond acceptors (Lipinski definition) is 1. The van der Waals surface area contributed by atoms with Crippen molar-refractivity contribution in [1.82, 2.24) is 5.32 Å². The lowest BCUT2D eigenvalue weighted by Crippen LogP contribution is -2.31. The molecule has 2 nitrogen and oxygen atoms in total. The molecule has 104 valence electrons. The first kappa shape index (κ1) is 15.0. The number of aryl methyl sites for hydroxylation is 1. The number of hydrogen-bond donors (Lipinski definition) is 2. The molecule has 0 fully saturated rings. The van der Waals surface area contributed by atoms with Gasteiger partial charge in [-0.05, 0) is 49.3 Å². The van der Waals surface area contributed by atoms with Crippen LogP contribution in [0.5, 0.6) is 0 Å². The summed E-state index contributed by atoms with van der Waals surface area (Å²) in [5.74, 6) is 0. The van der Waals surface area contributed by atoms with Crippen molar-refractivity contribution in [3.8, 4) is 0 Å². The molecule has 4 heteroatoms. The van der Waals surface area contributed by atoms with Gasteiger partial charge in [-0.25, -0.2) is 0 Å². The molecule has 0 aliphatic carbocycles. The fraction of sp³-hybridized carbons (Fsp3) is 0.188. The minimum atomic E-state index is 0.134. The van der Waals surface area contributed by atoms with E-state index in [0.717, 1.165) is 10.2 Å². The second-order valence-corrected chi connectivity index (χ2v) is 5.92. The molecule has 0 bridgehead atoms. The van der Waals surface area contributed by atoms with Crippen LogP contribution in [0.25, 0.3) is 0 Å². The van der Waals surface area contributed by atoms with Crippen molar-refractivity contribution in [1.29, 1.82) is 0 Å². The van der Waals surface area contributed by atoms with Crippen LogP contribution in [0.1, 0.15) is 24.1 Å². The van der Waals surface area contributed by atoms with Crippen LogP contribution in [0, 0.1) is 6.92 Å². The number of para-hydroxylation sites is 1. The lowest BCUT2D eigenvalue weighted by molar-refractivity contribution is 0.719. The number of benzene rings is 2. The van der Waals surface area contributed by atoms with Gasteiger partial charge >= 0.3 is 0 Å². The maximum absolute atomic E-state index is 5.38. The normalized spacial score (nSPS) is 11.8. The third-order valence-electron chi connectivity index (χ3n) is 3.11. The molecule has 0 heterocycles. The first-order chi connectivity index (χ1) is 9.58. The maximum atomic E-state index is 5.38. The Labute approximate surface area is 133 Å². The highest BCUT2D eigenvalue weighted by molar-refractivity contribution is 9.10. The van der Waals surface area contributed by atoms with Crippen LogP contribution in [0.4, 0.5) is 5.69 Å². The zero-order valence-corrected chi connectivity index (χ0v) is 13.9. The SMILES string of the molecule is Cc1ccccc1NC(=S)N[C@H](C)c1ccccc1Br. The van der Waals surface area contributed by atoms with Gasteiger partial charge in [0, 0.05) is 10.2 Å². The lowest BCUT2D eigenvalue weighted by Gasteiger charge is -2.19. The number of rotatable bonds is 3. The van der Waals surface area contributed by atoms with Gasteiger partial charge in [-0.15, -0.1) is 0 Å². The smallest absolute Gasteiger partial charge is 0.171 e. The fourth-order valence-corrected chi connectivity index (χ4v) is 2.89. The van der Waals surface area contributed by atoms with Gasteiger partial charge in [-0.2, -0.15) is 0 Å². The van der Waals surface area contributed by atoms with E-state index in [2.05, 4.69) is 52.5 Å². The molecule has 20 heavy (non-hydrogen) atoms. The minimum absolute atomic E-state index is 0.134. The lowest BCUT2D eigenvalue weighted by atomic mass is 10.1. The second kappa shape index (κ2) is 6.86. The highest BCUT2D eigenvalue weighted by Gasteiger charge is 2.10. The Morgan fingerprint density at radius 1 is 1.10 bits per heavy atom. The van der Waals surface area contributed by atoms with E-state index < -0.39 is 0 Å². The molecule has 0 radical (unpaired) electrons. The third-order valence-corrected chi connectivity index (χ3v) is 4.05. The Hall–Kier alpha value is -1.39. The molecule has 0 saturated carbocycles. The van der Waals surface area contributed by atoms with E-state index in [9.17, 15) is 0 Å². The number of thiocarbonyl (C=S) groups is 1. The highest BCUT2D eigenvalue weighted by Crippen LogP contribution is 2.23. The average Bonchev–Trinajstić information content (AvgIpc) is 2.41. The monoisotopic (exact) mass is 348 g/mol. The van der Waals surface area contributed by atoms with E-state index in [4.69, 9.17) is 12.2 Å². The summed E-state index contributed by atoms with van der Waals surface area (Å²) < 4.78 is 1.08. The molecule has 0 saturated heterocycles. The second-order valence-electron chi connectivity index (χ2n) is 4.66. The van der Waals surface area contributed by atoms with Gasteiger partial charge in [0.2, 0.25) is 0 Å². The summed E-state index contributed by atoms with van der Waals surface area (Å²) >= 11 is 8.94. The van der Waals surface area contributed by atoms with Gasteiger partial charge in [0.05, 0.1) is 6.04 Å². The van der Waals surface area contributed by atoms with Crippen LogP contribution in [-0.4, -0.2) is 5.11 Å². The molecular formula is C16H17BrN2S. The zero-order valence-electron chi connectivity index (χ0n) is 11.5. The van der Waals surface area contributed by atoms with Crippen LogP contribution in [0.15, 0.2) is 53.0 Å². The Kier molecular flexibility index (Phi) is 5.15. The zero-order chi connectivity index (χ0) is 14.5. The van der Waals surface area contributed by atoms with Crippen molar-refractivity contribution in [2.45, 2.75) is 19.9 Å². The molecular weight excluding hydrogens is 332 g/mol. The molecule has 0 aliphatic heterocycles. The van der Waals surface area contributed by atoms with Crippen molar-refractivity contribution < 1.29 is 0 Å². The Balaban J connectivity index is 2.02. The predicted molar refractivity (Wildman–Crippen MR) is 93.1 cm³/mol. The van der Waals surface area contributed by atoms with Crippen LogP contribution in [-0.2, 0) is 0 Å². The summed E-state index contributed by atoms with van der Waals surface area (Å²) in [6, 6.07) is 16.4. The van der Waals surface area contributed by atoms with E-state index in [1.54, 1.807) is 0 Å². The first-order valence-corrected chi connectivity index (χ1v) is 7.65. The Morgan fingerprint density at radius 3 is 2.45 bits per heavy atom. The summed E-state index contributed by atoms with van der Waals surface area (Å²) in [5, 5.41) is 7.17. The quantitative estimate of drug-likeness (QED) is 0.778. The third kappa shape index (κ3) is 3.81. The van der Waals surface area contributed by atoms with E-state index in [0.29, 0.717) is 5.11 Å². The standard InChI is InChI=1S/C16H17BrN2S/c1-11-7-3-6-10-15(11)19-16(20)18-12(2)13-8-4-5-9-14(13)17/h3-10,12H,1-2H3,(H2,18,19,20)/t12-/m1/s1. The van der Waals surface area contributed by atoms with Crippen LogP contribution in [0.2, 0.25) is 0 Å². The summed E-state index contributed by atoms with van der Waals surface area (Å²) in [5.41, 5.74) is 3.39. The summed E-state index contributed by atoms with van der Waals surface area (Å²) in [4.78, 5) is 0. The molecule has 0 unspecified atom stereocenters. The van der Waals surface area contributed by atoms with Crippen molar-refractivity contribution >= 4 is 38.9 Å². The maximum Gasteiger partial charge on any atom is 0.171 e. The van der Waals surface area contributed by atoms with Crippen LogP contribution >= 0.6 is 28.1 Å². The van der Waals surface area contributed by atoms with Gasteiger partial charge in [0.15, 0.2) is 5.11 Å². The Bertz CT molecular complexity index is 613. The molecule has 0 amide bonds. The van der Waals surface area contributed by atoms with Gasteiger partial charge < -0.3 is 10.6 Å². The average molecular weight is 349 g/mol. The number of nitrogens with one attached hydrogen (secondary N) is 2. The Morgan fingerprint density at radius 2 is 1.75 bits per heavy atom. The van der Waals surface area contributed by atoms with E-state index in [1.807, 2.05) is 36.4 Å². The topological polar surface area (TPSA) is 24.1 Å². The van der Waals surface area contributed by atoms with Crippen molar-refractivity contribution in [3.63, 3.8) is 0 Å². The van der Waals surface area contributed by atoms with Gasteiger partial charge in [-0.1, -0.05) is 52.3 Å². The van der Waals surface area contributed by atoms with E-state index in [-0.39, 0.29) is 6.04 Å². The van der Waals surface area contributed by atoms with Crippen molar-refractivity contribution in [2.75, 3.05) is 5.32 Å². The number of anilines is 1. The number of halogens is 1. The van der Waals surface area contributed by atoms with Gasteiger partial charge in [0.1, 0.15) is 0 Å². The molecule has 2 aromatic carbocycles. The van der Waals surface area contributed by atoms with Crippen LogP contribution < -0.4 is 10.6 Å². The molecule has 2 aromatic rings. The highest BCUT2D eigenvalue weighted by atomic mass is 79.9. The largest absolute Gasteiger partial charge is 0.356 e. The summed E-state index contributed by atoms with van der Waals surface area (Å²) in [7, 11) is 0. The van der Waals surface area contributed by atoms with Gasteiger partial charge in [-0.3, -0.25) is 0 Å². The van der Waals surface area contributed by atoms with Crippen molar-refractivity contribution in [3.05, 3.63) is 64.1 Å². The molecule has 0 aromatic heterocycles. The van der Waals surface area contributed by atoms with E-state index in [1.165, 1.54) is 11.1 Å². The summed E-state index contributed by atoms with van der Waals surface area (Å²) in [6.07, 6.45) is 0. The van der Waals surface area contributed by atoms with E-state index >= 15 is 0 Å². The molecule has 0 aliphatic rings. The van der Waals surface area contributed by atoms with Gasteiger partial charge in [0.25, 0.3) is 0 Å². The first-order valence-electron chi connectivity index (χ1n) is 6.45.